The number of aliphatic hydroxyl groups is 2. The summed E-state index contributed by atoms with van der Waals surface area (Å²) in [5.41, 5.74) is 2.81. The van der Waals surface area contributed by atoms with E-state index in [0.717, 1.165) is 28.6 Å². The second-order valence-electron chi connectivity index (χ2n) is 19.9. The number of cyclic esters (lactones) is 1. The first-order chi connectivity index (χ1) is 31.4. The van der Waals surface area contributed by atoms with E-state index in [4.69, 9.17) is 28.4 Å². The number of carbonyl (C=O) groups excluding carboxylic acids is 4. The first-order valence-electron chi connectivity index (χ1n) is 24.2. The highest BCUT2D eigenvalue weighted by Crippen LogP contribution is 2.40. The molecular weight excluding hydrogens is 845 g/mol. The predicted molar refractivity (Wildman–Crippen MR) is 249 cm³/mol. The van der Waals surface area contributed by atoms with Crippen molar-refractivity contribution in [2.75, 3.05) is 27.9 Å². The molecule has 3 fully saturated rings. The zero-order valence-electron chi connectivity index (χ0n) is 40.9. The molecule has 4 heterocycles. The maximum absolute atomic E-state index is 14.5. The number of ether oxygens (including phenoxy) is 6. The normalized spacial score (nSPS) is 37.1. The van der Waals surface area contributed by atoms with E-state index >= 15 is 0 Å². The van der Waals surface area contributed by atoms with E-state index in [9.17, 15) is 29.4 Å². The van der Waals surface area contributed by atoms with Gasteiger partial charge in [0.05, 0.1) is 24.4 Å². The van der Waals surface area contributed by atoms with Crippen LogP contribution in [0.25, 0.3) is 10.9 Å². The van der Waals surface area contributed by atoms with Crippen molar-refractivity contribution in [2.45, 2.75) is 167 Å². The summed E-state index contributed by atoms with van der Waals surface area (Å²) in [5, 5.41) is 25.1. The van der Waals surface area contributed by atoms with Gasteiger partial charge in [-0.1, -0.05) is 45.4 Å². The number of methoxy groups -OCH3 is 3. The average Bonchev–Trinajstić information content (AvgIpc) is 3.68. The van der Waals surface area contributed by atoms with Gasteiger partial charge in [-0.2, -0.15) is 0 Å². The lowest BCUT2D eigenvalue weighted by Crippen LogP contribution is -2.64. The van der Waals surface area contributed by atoms with Gasteiger partial charge in [0.15, 0.2) is 0 Å². The number of esters is 1. The third-order valence-electron chi connectivity index (χ3n) is 15.0. The van der Waals surface area contributed by atoms with E-state index in [1.54, 1.807) is 28.1 Å². The molecule has 2 N–H and O–H groups in total. The summed E-state index contributed by atoms with van der Waals surface area (Å²) < 4.78 is 39.1. The standard InChI is InChI=1S/C52H76N2O12/c1-11-36-23-30(2)22-31(3)24-45(62-9)48-46(63-10)26-33(5)52(60,66-48)49(57)50(58)54-20-13-12-14-40(54)51(59)65-47(34(6)41(55)29-42(36)56)32(4)25-35-15-18-43(44(27-35)61-8)64-38-16-17-39-37(28-38)19-21-53(39)7/h16-17,19,21,23,25,28,31,33-36,40-41,43-48,55,60H,11-15,18,20,22,24,26-27,29H2,1-10H3/b30-23-,32-25+/t31-,33+,34+,35-,36+,40-,41-,43+,44+,45-,46-,47+,48+,52+/m0/s1. The fraction of sp³-hybridized carbons (Fsp3) is 0.692. The number of ketones is 2. The predicted octanol–water partition coefficient (Wildman–Crippen LogP) is 7.05. The van der Waals surface area contributed by atoms with Crippen molar-refractivity contribution in [1.29, 1.82) is 0 Å². The van der Waals surface area contributed by atoms with E-state index in [0.29, 0.717) is 50.5 Å². The molecule has 2 aromatic rings. The van der Waals surface area contributed by atoms with Crippen molar-refractivity contribution in [3.05, 3.63) is 53.8 Å². The molecule has 0 spiro atoms. The molecule has 0 unspecified atom stereocenters. The number of carbonyl (C=O) groups is 4. The van der Waals surface area contributed by atoms with Crippen LogP contribution in [0, 0.1) is 29.6 Å². The van der Waals surface area contributed by atoms with Crippen LogP contribution in [-0.2, 0) is 49.9 Å². The number of fused-ring (bicyclic) bond motifs is 4. The molecule has 14 heteroatoms. The van der Waals surface area contributed by atoms with Gasteiger partial charge in [-0.25, -0.2) is 4.79 Å². The Hall–Kier alpha value is -3.92. The number of nitrogens with zero attached hydrogens (tertiary/aromatic N) is 2. The van der Waals surface area contributed by atoms with Gasteiger partial charge in [0.1, 0.15) is 35.9 Å². The highest BCUT2D eigenvalue weighted by atomic mass is 16.7. The molecule has 2 bridgehead atoms. The van der Waals surface area contributed by atoms with Gasteiger partial charge in [0.25, 0.3) is 11.7 Å². The van der Waals surface area contributed by atoms with Crippen molar-refractivity contribution < 1.29 is 57.8 Å². The Balaban J connectivity index is 1.30. The lowest BCUT2D eigenvalue weighted by Gasteiger charge is -2.47. The minimum Gasteiger partial charge on any atom is -0.488 e. The fourth-order valence-corrected chi connectivity index (χ4v) is 11.0. The Morgan fingerprint density at radius 1 is 0.909 bits per heavy atom. The maximum Gasteiger partial charge on any atom is 0.329 e. The maximum atomic E-state index is 14.5. The highest BCUT2D eigenvalue weighted by Gasteiger charge is 2.56. The smallest absolute Gasteiger partial charge is 0.329 e. The van der Waals surface area contributed by atoms with Gasteiger partial charge >= 0.3 is 5.97 Å². The summed E-state index contributed by atoms with van der Waals surface area (Å²) in [7, 11) is 6.77. The molecule has 14 nitrogen and oxygen atoms in total. The quantitative estimate of drug-likeness (QED) is 0.157. The third kappa shape index (κ3) is 11.5. The SMILES string of the molecule is CC[C@@H]1/C=C(/C)C[C@H](C)C[C@H](OC)[C@H]2O[C@@](O)(C(=O)C(=O)N3CCCC[C@H]3C(=O)O[C@H](/C(C)=C/[C@@H]3CC[C@@H](Oc4ccc5c(ccn5C)c4)[C@H](OC)C3)[C@H](C)[C@@H](O)CC1=O)[C@H](C)C[C@@H]2OC. The number of hydrogen-bond donors (Lipinski definition) is 2. The summed E-state index contributed by atoms with van der Waals surface area (Å²) in [6.45, 7) is 11.4. The molecule has 366 valence electrons. The van der Waals surface area contributed by atoms with Crippen LogP contribution in [0.1, 0.15) is 112 Å². The van der Waals surface area contributed by atoms with Gasteiger partial charge < -0.3 is 48.1 Å². The Morgan fingerprint density at radius 3 is 2.32 bits per heavy atom. The second kappa shape index (κ2) is 22.5. The molecule has 4 aliphatic rings. The summed E-state index contributed by atoms with van der Waals surface area (Å²) in [6, 6.07) is 6.99. The molecule has 14 atom stereocenters. The summed E-state index contributed by atoms with van der Waals surface area (Å²) >= 11 is 0. The first-order valence-corrected chi connectivity index (χ1v) is 24.2. The second-order valence-corrected chi connectivity index (χ2v) is 19.9. The molecule has 6 rings (SSSR count). The summed E-state index contributed by atoms with van der Waals surface area (Å²) in [4.78, 5) is 58.5. The van der Waals surface area contributed by atoms with Crippen LogP contribution in [-0.4, -0.2) is 126 Å². The number of piperidine rings is 1. The molecule has 0 radical (unpaired) electrons. The lowest BCUT2D eigenvalue weighted by molar-refractivity contribution is -0.302. The van der Waals surface area contributed by atoms with Gasteiger partial charge in [0.2, 0.25) is 5.79 Å². The lowest BCUT2D eigenvalue weighted by atomic mass is 9.81. The third-order valence-corrected chi connectivity index (χ3v) is 15.0. The van der Waals surface area contributed by atoms with Crippen LogP contribution in [0.5, 0.6) is 5.75 Å². The van der Waals surface area contributed by atoms with Crippen molar-refractivity contribution in [3.63, 3.8) is 0 Å². The molecule has 1 amide bonds. The molecule has 1 aromatic heterocycles. The van der Waals surface area contributed by atoms with Crippen molar-refractivity contribution in [1.82, 2.24) is 9.47 Å². The van der Waals surface area contributed by atoms with E-state index < -0.39 is 77.8 Å². The Morgan fingerprint density at radius 2 is 1.62 bits per heavy atom. The largest absolute Gasteiger partial charge is 0.488 e. The van der Waals surface area contributed by atoms with E-state index in [-0.39, 0.29) is 55.6 Å². The van der Waals surface area contributed by atoms with E-state index in [1.807, 2.05) is 58.3 Å². The number of benzene rings is 1. The Labute approximate surface area is 391 Å². The highest BCUT2D eigenvalue weighted by molar-refractivity contribution is 6.39. The van der Waals surface area contributed by atoms with Crippen LogP contribution in [0.4, 0.5) is 0 Å². The zero-order valence-corrected chi connectivity index (χ0v) is 40.9. The van der Waals surface area contributed by atoms with E-state index in [2.05, 4.69) is 23.6 Å². The van der Waals surface area contributed by atoms with Crippen molar-refractivity contribution in [2.24, 2.45) is 36.6 Å². The van der Waals surface area contributed by atoms with Gasteiger partial charge in [0, 0.05) is 76.2 Å². The number of aryl methyl sites for hydroxylation is 1. The van der Waals surface area contributed by atoms with Gasteiger partial charge in [-0.05, 0) is 120 Å². The number of rotatable bonds is 8. The van der Waals surface area contributed by atoms with Crippen molar-refractivity contribution in [3.8, 4) is 5.75 Å². The Kier molecular flexibility index (Phi) is 17.5. The molecule has 2 saturated heterocycles. The Bertz CT molecular complexity index is 2080. The molecule has 1 aliphatic carbocycles. The summed E-state index contributed by atoms with van der Waals surface area (Å²) in [5.74, 6) is -6.70. The van der Waals surface area contributed by atoms with Gasteiger partial charge in [-0.15, -0.1) is 0 Å². The molecule has 66 heavy (non-hydrogen) atoms. The number of aromatic nitrogens is 1. The van der Waals surface area contributed by atoms with Crippen LogP contribution in [0.15, 0.2) is 53.8 Å². The van der Waals surface area contributed by atoms with E-state index in [1.165, 1.54) is 12.0 Å². The topological polar surface area (TPSA) is 172 Å². The van der Waals surface area contributed by atoms with Gasteiger partial charge in [-0.3, -0.25) is 14.4 Å². The first kappa shape index (κ1) is 51.5. The number of allylic oxidation sites excluding steroid dienone is 3. The molecular formula is C52H76N2O12. The number of aliphatic hydroxyl groups excluding tert-OH is 1. The van der Waals surface area contributed by atoms with Crippen LogP contribution in [0.3, 0.4) is 0 Å². The zero-order chi connectivity index (χ0) is 48.0. The minimum absolute atomic E-state index is 0.0176. The molecule has 1 saturated carbocycles. The minimum atomic E-state index is -2.51. The van der Waals surface area contributed by atoms with Crippen LogP contribution in [0.2, 0.25) is 0 Å². The number of hydrogen-bond acceptors (Lipinski definition) is 12. The summed E-state index contributed by atoms with van der Waals surface area (Å²) in [6.07, 6.45) is 6.67. The fourth-order valence-electron chi connectivity index (χ4n) is 11.0. The number of amides is 1. The average molecular weight is 921 g/mol. The number of Topliss-reactive ketones (excluding diaryl/α,β-unsaturated/α-hetero) is 2. The van der Waals surface area contributed by atoms with Crippen LogP contribution < -0.4 is 4.74 Å². The molecule has 1 aromatic carbocycles. The van der Waals surface area contributed by atoms with Crippen LogP contribution >= 0.6 is 0 Å². The monoisotopic (exact) mass is 921 g/mol. The molecule has 3 aliphatic heterocycles. The van der Waals surface area contributed by atoms with Crippen molar-refractivity contribution >= 4 is 34.3 Å².